The number of ether oxygens (including phenoxy) is 1. The average molecular weight is 538 g/mol. The van der Waals surface area contributed by atoms with Gasteiger partial charge < -0.3 is 20.3 Å². The molecule has 194 valence electrons. The summed E-state index contributed by atoms with van der Waals surface area (Å²) in [7, 11) is 0. The van der Waals surface area contributed by atoms with Gasteiger partial charge in [0.2, 0.25) is 17.7 Å². The number of thioether (sulfide) groups is 1. The Labute approximate surface area is 225 Å². The van der Waals surface area contributed by atoms with Crippen molar-refractivity contribution in [3.63, 3.8) is 0 Å². The van der Waals surface area contributed by atoms with E-state index in [1.807, 2.05) is 60.2 Å². The Hall–Kier alpha value is -2.62. The molecule has 0 radical (unpaired) electrons. The standard InChI is InChI=1S/C28H31N3O4S2/c1-36-19-10-5-9-18(15-19)30-25(32)22-21-12-13-28(35-21)23(22)27(34)31(16-20-11-6-14-37-20)24(28)26(33)29-17-7-3-2-4-8-17/h5-6,9-15,17,21-24H,2-4,7-8,16H2,1H3,(H,29,33)(H,30,32)/t21-,22-,23-,24+,28-/m1/s1. The van der Waals surface area contributed by atoms with E-state index in [2.05, 4.69) is 10.6 Å². The number of benzene rings is 1. The molecule has 3 aliphatic heterocycles. The predicted molar refractivity (Wildman–Crippen MR) is 144 cm³/mol. The lowest BCUT2D eigenvalue weighted by Gasteiger charge is -2.34. The highest BCUT2D eigenvalue weighted by molar-refractivity contribution is 7.98. The van der Waals surface area contributed by atoms with E-state index in [0.717, 1.165) is 35.5 Å². The van der Waals surface area contributed by atoms with Crippen LogP contribution in [0.15, 0.2) is 58.8 Å². The number of amides is 3. The minimum absolute atomic E-state index is 0.112. The number of hydrogen-bond acceptors (Lipinski definition) is 6. The topological polar surface area (TPSA) is 87.7 Å². The molecule has 2 bridgehead atoms. The largest absolute Gasteiger partial charge is 0.359 e. The summed E-state index contributed by atoms with van der Waals surface area (Å²) in [4.78, 5) is 45.2. The molecule has 2 saturated heterocycles. The quantitative estimate of drug-likeness (QED) is 0.408. The fraction of sp³-hybridized carbons (Fsp3) is 0.464. The zero-order valence-electron chi connectivity index (χ0n) is 20.7. The molecule has 2 aromatic rings. The summed E-state index contributed by atoms with van der Waals surface area (Å²) in [5.74, 6) is -2.07. The van der Waals surface area contributed by atoms with Gasteiger partial charge in [-0.25, -0.2) is 0 Å². The molecular formula is C28H31N3O4S2. The Morgan fingerprint density at radius 1 is 1.16 bits per heavy atom. The van der Waals surface area contributed by atoms with E-state index in [9.17, 15) is 14.4 Å². The van der Waals surface area contributed by atoms with Crippen LogP contribution in [0.2, 0.25) is 0 Å². The van der Waals surface area contributed by atoms with Crippen LogP contribution in [-0.2, 0) is 25.7 Å². The normalized spacial score (nSPS) is 30.5. The fourth-order valence-electron chi connectivity index (χ4n) is 6.46. The zero-order valence-corrected chi connectivity index (χ0v) is 22.4. The van der Waals surface area contributed by atoms with Crippen molar-refractivity contribution >= 4 is 46.5 Å². The molecule has 9 heteroatoms. The second kappa shape index (κ2) is 9.93. The third-order valence-corrected chi connectivity index (χ3v) is 9.71. The Kier molecular flexibility index (Phi) is 6.63. The number of nitrogens with one attached hydrogen (secondary N) is 2. The van der Waals surface area contributed by atoms with Crippen LogP contribution >= 0.6 is 23.1 Å². The van der Waals surface area contributed by atoms with Gasteiger partial charge in [0.25, 0.3) is 0 Å². The van der Waals surface area contributed by atoms with Crippen LogP contribution in [-0.4, -0.2) is 52.7 Å². The van der Waals surface area contributed by atoms with Crippen LogP contribution in [0.3, 0.4) is 0 Å². The van der Waals surface area contributed by atoms with Crippen molar-refractivity contribution in [1.82, 2.24) is 10.2 Å². The first-order valence-electron chi connectivity index (χ1n) is 13.0. The van der Waals surface area contributed by atoms with Crippen molar-refractivity contribution in [2.24, 2.45) is 11.8 Å². The highest BCUT2D eigenvalue weighted by Gasteiger charge is 2.72. The molecular weight excluding hydrogens is 506 g/mol. The first-order chi connectivity index (χ1) is 18.0. The van der Waals surface area contributed by atoms with Gasteiger partial charge >= 0.3 is 0 Å². The summed E-state index contributed by atoms with van der Waals surface area (Å²) in [6.45, 7) is 0.323. The van der Waals surface area contributed by atoms with Crippen molar-refractivity contribution in [2.45, 2.75) is 67.3 Å². The monoisotopic (exact) mass is 537 g/mol. The molecule has 1 aliphatic carbocycles. The summed E-state index contributed by atoms with van der Waals surface area (Å²) >= 11 is 3.15. The molecule has 2 N–H and O–H groups in total. The van der Waals surface area contributed by atoms with E-state index in [1.54, 1.807) is 28.0 Å². The molecule has 4 heterocycles. The van der Waals surface area contributed by atoms with Gasteiger partial charge in [0.05, 0.1) is 24.5 Å². The van der Waals surface area contributed by atoms with Crippen LogP contribution in [0, 0.1) is 11.8 Å². The summed E-state index contributed by atoms with van der Waals surface area (Å²) in [5.41, 5.74) is -0.453. The number of anilines is 1. The second-order valence-corrected chi connectivity index (χ2v) is 12.2. The molecule has 6 rings (SSSR count). The number of carbonyl (C=O) groups excluding carboxylic acids is 3. The van der Waals surface area contributed by atoms with Crippen LogP contribution in [0.1, 0.15) is 37.0 Å². The van der Waals surface area contributed by atoms with Gasteiger partial charge in [-0.15, -0.1) is 23.1 Å². The fourth-order valence-corrected chi connectivity index (χ4v) is 7.62. The lowest BCUT2D eigenvalue weighted by atomic mass is 9.74. The smallest absolute Gasteiger partial charge is 0.246 e. The minimum atomic E-state index is -1.14. The molecule has 1 saturated carbocycles. The number of fused-ring (bicyclic) bond motifs is 1. The Balaban J connectivity index is 1.31. The van der Waals surface area contributed by atoms with Gasteiger partial charge in [-0.1, -0.05) is 43.5 Å². The molecule has 3 amide bonds. The molecule has 1 aromatic heterocycles. The molecule has 1 spiro atoms. The summed E-state index contributed by atoms with van der Waals surface area (Å²) in [6, 6.07) is 10.9. The number of hydrogen-bond donors (Lipinski definition) is 2. The first-order valence-corrected chi connectivity index (χ1v) is 15.1. The lowest BCUT2D eigenvalue weighted by molar-refractivity contribution is -0.142. The summed E-state index contributed by atoms with van der Waals surface area (Å²) in [5, 5.41) is 8.20. The van der Waals surface area contributed by atoms with E-state index in [1.165, 1.54) is 6.42 Å². The Bertz CT molecular complexity index is 1230. The van der Waals surface area contributed by atoms with Crippen LogP contribution < -0.4 is 10.6 Å². The maximum atomic E-state index is 14.0. The van der Waals surface area contributed by atoms with Gasteiger partial charge in [-0.05, 0) is 48.7 Å². The van der Waals surface area contributed by atoms with Crippen LogP contribution in [0.4, 0.5) is 5.69 Å². The third kappa shape index (κ3) is 4.30. The molecule has 1 aromatic carbocycles. The van der Waals surface area contributed by atoms with Gasteiger partial charge in [0.1, 0.15) is 11.6 Å². The van der Waals surface area contributed by atoms with Crippen molar-refractivity contribution in [3.05, 3.63) is 58.8 Å². The van der Waals surface area contributed by atoms with Gasteiger partial charge in [0.15, 0.2) is 0 Å². The van der Waals surface area contributed by atoms with Crippen molar-refractivity contribution in [1.29, 1.82) is 0 Å². The van der Waals surface area contributed by atoms with Gasteiger partial charge in [-0.2, -0.15) is 0 Å². The van der Waals surface area contributed by atoms with Crippen molar-refractivity contribution < 1.29 is 19.1 Å². The Morgan fingerprint density at radius 3 is 2.76 bits per heavy atom. The van der Waals surface area contributed by atoms with Gasteiger partial charge in [0, 0.05) is 21.5 Å². The predicted octanol–water partition coefficient (Wildman–Crippen LogP) is 4.21. The summed E-state index contributed by atoms with van der Waals surface area (Å²) in [6.07, 6.45) is 10.5. The first kappa shape index (κ1) is 24.7. The number of likely N-dealkylation sites (tertiary alicyclic amines) is 1. The average Bonchev–Trinajstić information content (AvgIpc) is 3.68. The van der Waals surface area contributed by atoms with Crippen molar-refractivity contribution in [3.8, 4) is 0 Å². The lowest BCUT2D eigenvalue weighted by Crippen LogP contribution is -2.56. The van der Waals surface area contributed by atoms with E-state index >= 15 is 0 Å². The van der Waals surface area contributed by atoms with E-state index in [0.29, 0.717) is 12.2 Å². The van der Waals surface area contributed by atoms with Gasteiger partial charge in [-0.3, -0.25) is 14.4 Å². The molecule has 3 fully saturated rings. The highest BCUT2D eigenvalue weighted by atomic mass is 32.2. The molecule has 4 aliphatic rings. The van der Waals surface area contributed by atoms with Crippen molar-refractivity contribution in [2.75, 3.05) is 11.6 Å². The number of thiophene rings is 1. The van der Waals surface area contributed by atoms with E-state index < -0.39 is 29.6 Å². The van der Waals surface area contributed by atoms with E-state index in [4.69, 9.17) is 4.74 Å². The molecule has 37 heavy (non-hydrogen) atoms. The van der Waals surface area contributed by atoms with E-state index in [-0.39, 0.29) is 23.8 Å². The second-order valence-electron chi connectivity index (χ2n) is 10.3. The summed E-state index contributed by atoms with van der Waals surface area (Å²) < 4.78 is 6.45. The molecule has 0 unspecified atom stereocenters. The number of carbonyl (C=O) groups is 3. The SMILES string of the molecule is CSc1cccc(NC(=O)[C@@H]2[C@H]3C=C[C@]4(O3)[C@H](C(=O)NC3CCCCC3)N(Cc3cccs3)C(=O)[C@@H]24)c1. The Morgan fingerprint density at radius 2 is 2.00 bits per heavy atom. The number of rotatable bonds is 7. The third-order valence-electron chi connectivity index (χ3n) is 8.12. The van der Waals surface area contributed by atoms with Crippen LogP contribution in [0.25, 0.3) is 0 Å². The molecule has 5 atom stereocenters. The highest BCUT2D eigenvalue weighted by Crippen LogP contribution is 2.55. The minimum Gasteiger partial charge on any atom is -0.359 e. The van der Waals surface area contributed by atoms with Crippen LogP contribution in [0.5, 0.6) is 0 Å². The maximum Gasteiger partial charge on any atom is 0.246 e. The molecule has 7 nitrogen and oxygen atoms in total. The zero-order chi connectivity index (χ0) is 25.6. The maximum absolute atomic E-state index is 14.0. The number of nitrogens with zero attached hydrogens (tertiary/aromatic N) is 1.